The normalized spacial score (nSPS) is 16.8. The zero-order chi connectivity index (χ0) is 19.0. The van der Waals surface area contributed by atoms with Crippen LogP contribution in [0.3, 0.4) is 0 Å². The molecule has 0 spiro atoms. The third kappa shape index (κ3) is 2.88. The second-order valence-electron chi connectivity index (χ2n) is 6.15. The molecule has 1 atom stereocenters. The van der Waals surface area contributed by atoms with E-state index >= 15 is 0 Å². The monoisotopic (exact) mass is 366 g/mol. The molecule has 3 heterocycles. The lowest BCUT2D eigenvalue weighted by molar-refractivity contribution is -0.118. The number of ether oxygens (including phenoxy) is 1. The van der Waals surface area contributed by atoms with Crippen molar-refractivity contribution in [1.82, 2.24) is 15.5 Å². The zero-order valence-electron chi connectivity index (χ0n) is 14.9. The van der Waals surface area contributed by atoms with E-state index in [1.54, 1.807) is 12.1 Å². The molecule has 0 bridgehead atoms. The van der Waals surface area contributed by atoms with Crippen molar-refractivity contribution >= 4 is 28.6 Å². The van der Waals surface area contributed by atoms with E-state index in [-0.39, 0.29) is 5.91 Å². The smallest absolute Gasteiger partial charge is 0.329 e. The van der Waals surface area contributed by atoms with E-state index in [1.165, 1.54) is 6.20 Å². The predicted molar refractivity (Wildman–Crippen MR) is 97.8 cm³/mol. The minimum absolute atomic E-state index is 0.278. The van der Waals surface area contributed by atoms with Crippen LogP contribution in [0.25, 0.3) is 11.0 Å². The summed E-state index contributed by atoms with van der Waals surface area (Å²) in [7, 11) is 0. The van der Waals surface area contributed by atoms with Crippen LogP contribution in [0.4, 0.5) is 10.5 Å². The van der Waals surface area contributed by atoms with Gasteiger partial charge in [0.15, 0.2) is 5.58 Å². The fraction of sp³-hybridized carbons (Fsp3) is 0.263. The van der Waals surface area contributed by atoms with Crippen molar-refractivity contribution in [3.63, 3.8) is 0 Å². The van der Waals surface area contributed by atoms with Crippen molar-refractivity contribution in [1.29, 1.82) is 0 Å². The van der Waals surface area contributed by atoms with E-state index in [2.05, 4.69) is 15.5 Å². The number of urea groups is 1. The number of aromatic nitrogens is 2. The average molecular weight is 366 g/mol. The van der Waals surface area contributed by atoms with Gasteiger partial charge in [-0.2, -0.15) is 0 Å². The Kier molecular flexibility index (Phi) is 4.23. The van der Waals surface area contributed by atoms with Crippen LogP contribution >= 0.6 is 0 Å². The van der Waals surface area contributed by atoms with Gasteiger partial charge in [-0.05, 0) is 31.0 Å². The molecule has 27 heavy (non-hydrogen) atoms. The first-order chi connectivity index (χ1) is 13.1. The third-order valence-corrected chi connectivity index (χ3v) is 4.49. The molecule has 8 nitrogen and oxygen atoms in total. The molecule has 8 heteroatoms. The summed E-state index contributed by atoms with van der Waals surface area (Å²) in [4.78, 5) is 29.6. The lowest BCUT2D eigenvalue weighted by atomic mass is 10.1. The van der Waals surface area contributed by atoms with E-state index in [1.807, 2.05) is 32.0 Å². The highest BCUT2D eigenvalue weighted by atomic mass is 16.5. The summed E-state index contributed by atoms with van der Waals surface area (Å²) >= 11 is 0. The van der Waals surface area contributed by atoms with Gasteiger partial charge in [-0.25, -0.2) is 14.7 Å². The molecule has 1 aromatic carbocycles. The molecular formula is C19H18N4O4. The molecule has 0 radical (unpaired) electrons. The maximum atomic E-state index is 12.3. The Morgan fingerprint density at radius 1 is 1.22 bits per heavy atom. The van der Waals surface area contributed by atoms with Gasteiger partial charge in [0.25, 0.3) is 5.91 Å². The second-order valence-corrected chi connectivity index (χ2v) is 6.15. The molecule has 2 aromatic heterocycles. The molecule has 1 aliphatic rings. The van der Waals surface area contributed by atoms with Crippen molar-refractivity contribution in [3.8, 4) is 11.6 Å². The number of carbonyl (C=O) groups excluding carboxylic acids is 2. The summed E-state index contributed by atoms with van der Waals surface area (Å²) in [6, 6.07) is 7.77. The van der Waals surface area contributed by atoms with Gasteiger partial charge >= 0.3 is 6.03 Å². The summed E-state index contributed by atoms with van der Waals surface area (Å²) in [5.74, 6) is 0.653. The molecule has 1 aliphatic heterocycles. The van der Waals surface area contributed by atoms with Gasteiger partial charge < -0.3 is 14.6 Å². The van der Waals surface area contributed by atoms with Crippen LogP contribution in [0.1, 0.15) is 26.0 Å². The largest absolute Gasteiger partial charge is 0.438 e. The summed E-state index contributed by atoms with van der Waals surface area (Å²) in [5.41, 5.74) is 1.85. The van der Waals surface area contributed by atoms with E-state index in [9.17, 15) is 9.59 Å². The minimum atomic E-state index is -0.493. The molecule has 3 aromatic rings. The Hall–Kier alpha value is -3.42. The van der Waals surface area contributed by atoms with Gasteiger partial charge in [0.2, 0.25) is 5.88 Å². The summed E-state index contributed by atoms with van der Waals surface area (Å²) in [6.45, 7) is 3.83. The Balaban J connectivity index is 1.60. The van der Waals surface area contributed by atoms with Crippen molar-refractivity contribution in [3.05, 3.63) is 42.2 Å². The molecule has 1 N–H and O–H groups in total. The van der Waals surface area contributed by atoms with Crippen LogP contribution in [-0.4, -0.2) is 28.1 Å². The van der Waals surface area contributed by atoms with E-state index in [4.69, 9.17) is 9.26 Å². The number of hydrogen-bond donors (Lipinski definition) is 1. The van der Waals surface area contributed by atoms with Gasteiger partial charge in [-0.15, -0.1) is 0 Å². The number of benzene rings is 1. The van der Waals surface area contributed by atoms with Gasteiger partial charge in [0.1, 0.15) is 11.8 Å². The molecule has 1 fully saturated rings. The first-order valence-electron chi connectivity index (χ1n) is 8.78. The van der Waals surface area contributed by atoms with Gasteiger partial charge in [0, 0.05) is 6.07 Å². The number of nitrogens with one attached hydrogen (secondary N) is 1. The number of hydrogen-bond acceptors (Lipinski definition) is 6. The van der Waals surface area contributed by atoms with E-state index in [0.29, 0.717) is 35.7 Å². The SMILES string of the molecule is CCc1noc2cccc(Oc3ccc(N4C(=O)N[C@H](CC)C4=O)cn3)c12. The Bertz CT molecular complexity index is 1010. The highest BCUT2D eigenvalue weighted by molar-refractivity contribution is 6.21. The highest BCUT2D eigenvalue weighted by Crippen LogP contribution is 2.32. The number of fused-ring (bicyclic) bond motifs is 1. The minimum Gasteiger partial charge on any atom is -0.438 e. The molecule has 4 rings (SSSR count). The zero-order valence-corrected chi connectivity index (χ0v) is 14.9. The van der Waals surface area contributed by atoms with Crippen LogP contribution in [0.2, 0.25) is 0 Å². The number of rotatable bonds is 5. The number of anilines is 1. The number of nitrogens with zero attached hydrogens (tertiary/aromatic N) is 3. The summed E-state index contributed by atoms with van der Waals surface area (Å²) in [6.07, 6.45) is 2.70. The van der Waals surface area contributed by atoms with Crippen molar-refractivity contribution < 1.29 is 18.8 Å². The Morgan fingerprint density at radius 2 is 2.07 bits per heavy atom. The van der Waals surface area contributed by atoms with Crippen molar-refractivity contribution in [2.24, 2.45) is 0 Å². The van der Waals surface area contributed by atoms with E-state index < -0.39 is 12.1 Å². The molecule has 0 saturated carbocycles. The second kappa shape index (κ2) is 6.71. The molecule has 0 aliphatic carbocycles. The Morgan fingerprint density at radius 3 is 2.74 bits per heavy atom. The molecular weight excluding hydrogens is 348 g/mol. The standard InChI is InChI=1S/C19H18N4O4/c1-3-12-17-14(6-5-7-15(17)27-22-12)26-16-9-8-11(10-20-16)23-18(24)13(4-2)21-19(23)25/h5-10,13H,3-4H2,1-2H3,(H,21,25)/t13-/m1/s1. The molecule has 3 amide bonds. The van der Waals surface area contributed by atoms with Crippen LogP contribution in [0, 0.1) is 0 Å². The topological polar surface area (TPSA) is 97.6 Å². The maximum absolute atomic E-state index is 12.3. The van der Waals surface area contributed by atoms with Crippen LogP contribution in [0.5, 0.6) is 11.6 Å². The number of carbonyl (C=O) groups is 2. The predicted octanol–water partition coefficient (Wildman–Crippen LogP) is 3.41. The average Bonchev–Trinajstić information content (AvgIpc) is 3.23. The first kappa shape index (κ1) is 17.0. The van der Waals surface area contributed by atoms with Crippen LogP contribution in [0.15, 0.2) is 41.1 Å². The molecule has 1 saturated heterocycles. The maximum Gasteiger partial charge on any atom is 0.329 e. The van der Waals surface area contributed by atoms with Gasteiger partial charge in [-0.1, -0.05) is 25.1 Å². The number of pyridine rings is 1. The Labute approximate surface area is 155 Å². The third-order valence-electron chi connectivity index (χ3n) is 4.49. The van der Waals surface area contributed by atoms with Crippen LogP contribution < -0.4 is 15.0 Å². The fourth-order valence-corrected chi connectivity index (χ4v) is 3.08. The highest BCUT2D eigenvalue weighted by Gasteiger charge is 2.38. The number of aryl methyl sites for hydroxylation is 1. The summed E-state index contributed by atoms with van der Waals surface area (Å²) in [5, 5.41) is 7.51. The quantitative estimate of drug-likeness (QED) is 0.695. The first-order valence-corrected chi connectivity index (χ1v) is 8.78. The van der Waals surface area contributed by atoms with Crippen molar-refractivity contribution in [2.75, 3.05) is 4.90 Å². The van der Waals surface area contributed by atoms with E-state index in [0.717, 1.165) is 16.0 Å². The fourth-order valence-electron chi connectivity index (χ4n) is 3.08. The van der Waals surface area contributed by atoms with Crippen LogP contribution in [-0.2, 0) is 11.2 Å². The van der Waals surface area contributed by atoms with Gasteiger partial charge in [0.05, 0.1) is 23.0 Å². The lowest BCUT2D eigenvalue weighted by Gasteiger charge is -2.13. The lowest BCUT2D eigenvalue weighted by Crippen LogP contribution is -2.31. The van der Waals surface area contributed by atoms with Crippen molar-refractivity contribution in [2.45, 2.75) is 32.7 Å². The summed E-state index contributed by atoms with van der Waals surface area (Å²) < 4.78 is 11.2. The van der Waals surface area contributed by atoms with Gasteiger partial charge in [-0.3, -0.25) is 4.79 Å². The molecule has 138 valence electrons. The number of amides is 3. The number of imide groups is 1. The molecule has 0 unspecified atom stereocenters.